The van der Waals surface area contributed by atoms with Crippen LogP contribution < -0.4 is 10.6 Å². The van der Waals surface area contributed by atoms with Crippen molar-refractivity contribution in [3.63, 3.8) is 0 Å². The topological polar surface area (TPSA) is 84.4 Å². The quantitative estimate of drug-likeness (QED) is 0.808. The molecule has 1 aliphatic heterocycles. The number of benzene rings is 1. The number of nitrogens with zero attached hydrogens (tertiary/aromatic N) is 3. The second kappa shape index (κ2) is 4.52. The van der Waals surface area contributed by atoms with Crippen molar-refractivity contribution >= 4 is 17.3 Å². The lowest BCUT2D eigenvalue weighted by molar-refractivity contribution is 0.0692. The van der Waals surface area contributed by atoms with E-state index in [9.17, 15) is 9.18 Å². The number of hydrogen-bond donors (Lipinski definition) is 2. The number of anilines is 2. The van der Waals surface area contributed by atoms with Crippen LogP contribution in [0.3, 0.4) is 0 Å². The average molecular weight is 276 g/mol. The van der Waals surface area contributed by atoms with Crippen LogP contribution in [0.2, 0.25) is 0 Å². The molecule has 2 heterocycles. The second-order valence-electron chi connectivity index (χ2n) is 4.65. The van der Waals surface area contributed by atoms with E-state index >= 15 is 0 Å². The molecule has 3 N–H and O–H groups in total. The van der Waals surface area contributed by atoms with Crippen LogP contribution in [0.1, 0.15) is 16.2 Å². The van der Waals surface area contributed by atoms with Crippen molar-refractivity contribution in [2.24, 2.45) is 0 Å². The first kappa shape index (κ1) is 12.5. The number of halogens is 1. The van der Waals surface area contributed by atoms with Crippen LogP contribution in [0.5, 0.6) is 0 Å². The number of carbonyl (C=O) groups is 1. The summed E-state index contributed by atoms with van der Waals surface area (Å²) in [5.74, 6) is -1.23. The monoisotopic (exact) mass is 276 g/mol. The number of rotatable bonds is 2. The van der Waals surface area contributed by atoms with Crippen LogP contribution in [0.4, 0.5) is 15.8 Å². The maximum atomic E-state index is 13.8. The molecule has 0 aliphatic carbocycles. The molecule has 3 rings (SSSR count). The number of aromatic nitrogens is 2. The average Bonchev–Trinajstić information content (AvgIpc) is 2.87. The SMILES string of the molecule is Nc1cc(C(=O)O)c(F)cc1N1CCn2ccnc2C1. The summed E-state index contributed by atoms with van der Waals surface area (Å²) < 4.78 is 15.8. The van der Waals surface area contributed by atoms with Gasteiger partial charge in [-0.15, -0.1) is 0 Å². The zero-order valence-electron chi connectivity index (χ0n) is 10.6. The van der Waals surface area contributed by atoms with E-state index in [1.165, 1.54) is 6.07 Å². The minimum absolute atomic E-state index is 0.254. The van der Waals surface area contributed by atoms with Crippen LogP contribution >= 0.6 is 0 Å². The van der Waals surface area contributed by atoms with Gasteiger partial charge in [0.1, 0.15) is 11.6 Å². The number of carboxylic acid groups (broad SMARTS) is 1. The van der Waals surface area contributed by atoms with E-state index in [0.29, 0.717) is 18.8 Å². The highest BCUT2D eigenvalue weighted by atomic mass is 19.1. The Kier molecular flexibility index (Phi) is 2.81. The van der Waals surface area contributed by atoms with Crippen LogP contribution in [-0.4, -0.2) is 27.2 Å². The molecule has 1 aliphatic rings. The highest BCUT2D eigenvalue weighted by Crippen LogP contribution is 2.29. The fourth-order valence-electron chi connectivity index (χ4n) is 2.40. The standard InChI is InChI=1S/C13H13FN4O2/c14-9-6-11(10(15)5-8(9)13(19)20)18-4-3-17-2-1-16-12(17)7-18/h1-2,5-6H,3-4,7,15H2,(H,19,20). The molecule has 0 amide bonds. The van der Waals surface area contributed by atoms with Gasteiger partial charge < -0.3 is 20.3 Å². The second-order valence-corrected chi connectivity index (χ2v) is 4.65. The van der Waals surface area contributed by atoms with E-state index in [-0.39, 0.29) is 5.69 Å². The van der Waals surface area contributed by atoms with Crippen molar-refractivity contribution in [1.29, 1.82) is 0 Å². The van der Waals surface area contributed by atoms with E-state index < -0.39 is 17.3 Å². The van der Waals surface area contributed by atoms with Crippen molar-refractivity contribution in [2.75, 3.05) is 17.2 Å². The maximum absolute atomic E-state index is 13.8. The van der Waals surface area contributed by atoms with Gasteiger partial charge in [0, 0.05) is 31.5 Å². The van der Waals surface area contributed by atoms with E-state index in [0.717, 1.165) is 18.4 Å². The first-order valence-corrected chi connectivity index (χ1v) is 6.13. The van der Waals surface area contributed by atoms with E-state index in [1.54, 1.807) is 6.20 Å². The van der Waals surface area contributed by atoms with E-state index in [1.807, 2.05) is 15.7 Å². The molecule has 1 aromatic carbocycles. The largest absolute Gasteiger partial charge is 0.478 e. The predicted molar refractivity (Wildman–Crippen MR) is 71.0 cm³/mol. The highest BCUT2D eigenvalue weighted by Gasteiger charge is 2.21. The van der Waals surface area contributed by atoms with Crippen molar-refractivity contribution in [2.45, 2.75) is 13.1 Å². The van der Waals surface area contributed by atoms with E-state index in [4.69, 9.17) is 10.8 Å². The molecule has 20 heavy (non-hydrogen) atoms. The maximum Gasteiger partial charge on any atom is 0.338 e. The molecule has 0 atom stereocenters. The van der Waals surface area contributed by atoms with Gasteiger partial charge in [-0.3, -0.25) is 0 Å². The number of aromatic carboxylic acids is 1. The molecule has 1 aromatic heterocycles. The minimum atomic E-state index is -1.32. The zero-order valence-corrected chi connectivity index (χ0v) is 10.6. The number of imidazole rings is 1. The van der Waals surface area contributed by atoms with Crippen LogP contribution in [0.15, 0.2) is 24.5 Å². The number of nitrogens with two attached hydrogens (primary N) is 1. The van der Waals surface area contributed by atoms with Gasteiger partial charge in [-0.1, -0.05) is 0 Å². The van der Waals surface area contributed by atoms with E-state index in [2.05, 4.69) is 4.98 Å². The molecule has 0 spiro atoms. The summed E-state index contributed by atoms with van der Waals surface area (Å²) in [6.07, 6.45) is 3.61. The molecule has 0 fully saturated rings. The van der Waals surface area contributed by atoms with Gasteiger partial charge in [0.05, 0.1) is 23.5 Å². The Labute approximate surface area is 114 Å². The van der Waals surface area contributed by atoms with Crippen LogP contribution in [0, 0.1) is 5.82 Å². The predicted octanol–water partition coefficient (Wildman–Crippen LogP) is 1.32. The third-order valence-corrected chi connectivity index (χ3v) is 3.43. The first-order chi connectivity index (χ1) is 9.56. The highest BCUT2D eigenvalue weighted by molar-refractivity contribution is 5.91. The van der Waals surface area contributed by atoms with Gasteiger partial charge in [0.25, 0.3) is 0 Å². The Hall–Kier alpha value is -2.57. The summed E-state index contributed by atoms with van der Waals surface area (Å²) in [5.41, 5.74) is 6.20. The summed E-state index contributed by atoms with van der Waals surface area (Å²) in [5, 5.41) is 8.87. The molecule has 2 aromatic rings. The minimum Gasteiger partial charge on any atom is -0.478 e. The Balaban J connectivity index is 1.96. The van der Waals surface area contributed by atoms with Gasteiger partial charge in [0.2, 0.25) is 0 Å². The Bertz CT molecular complexity index is 683. The first-order valence-electron chi connectivity index (χ1n) is 6.13. The zero-order chi connectivity index (χ0) is 14.3. The van der Waals surface area contributed by atoms with Crippen molar-refractivity contribution in [3.05, 3.63) is 41.7 Å². The third kappa shape index (κ3) is 1.97. The number of nitrogen functional groups attached to an aromatic ring is 1. The van der Waals surface area contributed by atoms with Gasteiger partial charge in [-0.2, -0.15) is 0 Å². The molecule has 7 heteroatoms. The number of carboxylic acids is 1. The molecule has 0 saturated carbocycles. The number of hydrogen-bond acceptors (Lipinski definition) is 4. The van der Waals surface area contributed by atoms with Crippen molar-refractivity contribution < 1.29 is 14.3 Å². The summed E-state index contributed by atoms with van der Waals surface area (Å²) >= 11 is 0. The molecular formula is C13H13FN4O2. The summed E-state index contributed by atoms with van der Waals surface area (Å²) in [7, 11) is 0. The summed E-state index contributed by atoms with van der Waals surface area (Å²) in [4.78, 5) is 17.0. The van der Waals surface area contributed by atoms with Crippen molar-refractivity contribution in [1.82, 2.24) is 9.55 Å². The summed E-state index contributed by atoms with van der Waals surface area (Å²) in [6.45, 7) is 1.92. The molecule has 6 nitrogen and oxygen atoms in total. The van der Waals surface area contributed by atoms with Gasteiger partial charge in [-0.25, -0.2) is 14.2 Å². The number of fused-ring (bicyclic) bond motifs is 1. The Morgan fingerprint density at radius 2 is 2.20 bits per heavy atom. The lowest BCUT2D eigenvalue weighted by Crippen LogP contribution is -2.34. The Morgan fingerprint density at radius 3 is 2.95 bits per heavy atom. The summed E-state index contributed by atoms with van der Waals surface area (Å²) in [6, 6.07) is 2.34. The lowest BCUT2D eigenvalue weighted by atomic mass is 10.1. The van der Waals surface area contributed by atoms with Crippen molar-refractivity contribution in [3.8, 4) is 0 Å². The van der Waals surface area contributed by atoms with Gasteiger partial charge in [0.15, 0.2) is 0 Å². The third-order valence-electron chi connectivity index (χ3n) is 3.43. The fraction of sp³-hybridized carbons (Fsp3) is 0.231. The molecule has 0 bridgehead atoms. The van der Waals surface area contributed by atoms with Crippen LogP contribution in [0.25, 0.3) is 0 Å². The normalized spacial score (nSPS) is 14.2. The molecule has 104 valence electrons. The smallest absolute Gasteiger partial charge is 0.338 e. The molecule has 0 saturated heterocycles. The Morgan fingerprint density at radius 1 is 1.40 bits per heavy atom. The van der Waals surface area contributed by atoms with Gasteiger partial charge >= 0.3 is 5.97 Å². The molecule has 0 unspecified atom stereocenters. The molecule has 0 radical (unpaired) electrons. The van der Waals surface area contributed by atoms with Gasteiger partial charge in [-0.05, 0) is 6.07 Å². The lowest BCUT2D eigenvalue weighted by Gasteiger charge is -2.30. The fourth-order valence-corrected chi connectivity index (χ4v) is 2.40. The van der Waals surface area contributed by atoms with Crippen LogP contribution in [-0.2, 0) is 13.1 Å². The molecular weight excluding hydrogens is 263 g/mol.